The van der Waals surface area contributed by atoms with Crippen molar-refractivity contribution in [2.75, 3.05) is 26.7 Å². The van der Waals surface area contributed by atoms with Gasteiger partial charge >= 0.3 is 0 Å². The van der Waals surface area contributed by atoms with Gasteiger partial charge in [-0.15, -0.1) is 0 Å². The van der Waals surface area contributed by atoms with Crippen molar-refractivity contribution in [1.82, 2.24) is 0 Å². The normalized spacial score (nSPS) is 28.1. The van der Waals surface area contributed by atoms with E-state index in [-0.39, 0.29) is 0 Å². The first-order chi connectivity index (χ1) is 6.85. The Kier molecular flexibility index (Phi) is 3.45. The molecule has 2 aliphatic rings. The van der Waals surface area contributed by atoms with Crippen LogP contribution in [0.4, 0.5) is 0 Å². The van der Waals surface area contributed by atoms with Gasteiger partial charge < -0.3 is 10.2 Å². The lowest BCUT2D eigenvalue weighted by Crippen LogP contribution is -3.16. The molecule has 0 aromatic heterocycles. The standard InChI is InChI=1S/C12H24N2/c1-13-12(7-3-2-4-8-12)11-14-9-5-6-10-14/h13H,2-11H2,1H3/p+2. The first-order valence-corrected chi connectivity index (χ1v) is 6.49. The van der Waals surface area contributed by atoms with E-state index in [1.165, 1.54) is 64.6 Å². The summed E-state index contributed by atoms with van der Waals surface area (Å²) < 4.78 is 0. The molecule has 3 N–H and O–H groups in total. The summed E-state index contributed by atoms with van der Waals surface area (Å²) in [6, 6.07) is 0. The maximum absolute atomic E-state index is 2.53. The smallest absolute Gasteiger partial charge is 0.145 e. The summed E-state index contributed by atoms with van der Waals surface area (Å²) in [7, 11) is 2.29. The van der Waals surface area contributed by atoms with E-state index in [4.69, 9.17) is 0 Å². The number of hydrogen-bond acceptors (Lipinski definition) is 0. The SMILES string of the molecule is C[NH2+]C1(C[NH+]2CCCC2)CCCCC1. The fourth-order valence-corrected chi connectivity index (χ4v) is 3.37. The van der Waals surface area contributed by atoms with Crippen LogP contribution in [0.2, 0.25) is 0 Å². The zero-order valence-electron chi connectivity index (χ0n) is 9.65. The predicted octanol–water partition coefficient (Wildman–Crippen LogP) is -0.439. The third kappa shape index (κ3) is 2.29. The minimum absolute atomic E-state index is 0.623. The summed E-state index contributed by atoms with van der Waals surface area (Å²) in [5.74, 6) is 0. The summed E-state index contributed by atoms with van der Waals surface area (Å²) in [5, 5.41) is 2.53. The minimum Gasteiger partial charge on any atom is -0.339 e. The number of rotatable bonds is 3. The summed E-state index contributed by atoms with van der Waals surface area (Å²) >= 11 is 0. The predicted molar refractivity (Wildman–Crippen MR) is 58.5 cm³/mol. The Morgan fingerprint density at radius 2 is 1.64 bits per heavy atom. The molecule has 1 saturated carbocycles. The molecule has 2 rings (SSSR count). The van der Waals surface area contributed by atoms with Gasteiger partial charge in [-0.05, 0) is 12.8 Å². The first kappa shape index (κ1) is 10.4. The van der Waals surface area contributed by atoms with Crippen LogP contribution in [0.15, 0.2) is 0 Å². The van der Waals surface area contributed by atoms with Gasteiger partial charge in [-0.2, -0.15) is 0 Å². The van der Waals surface area contributed by atoms with Crippen LogP contribution in [-0.4, -0.2) is 32.2 Å². The highest BCUT2D eigenvalue weighted by Gasteiger charge is 2.38. The Hall–Kier alpha value is -0.0800. The second-order valence-corrected chi connectivity index (χ2v) is 5.35. The van der Waals surface area contributed by atoms with Crippen LogP contribution in [0.5, 0.6) is 0 Å². The molecule has 0 amide bonds. The third-order valence-electron chi connectivity index (χ3n) is 4.37. The van der Waals surface area contributed by atoms with E-state index >= 15 is 0 Å². The second kappa shape index (κ2) is 4.63. The van der Waals surface area contributed by atoms with Crippen LogP contribution < -0.4 is 10.2 Å². The average molecular weight is 198 g/mol. The van der Waals surface area contributed by atoms with Crippen molar-refractivity contribution in [1.29, 1.82) is 0 Å². The number of hydrogen-bond donors (Lipinski definition) is 2. The highest BCUT2D eigenvalue weighted by Crippen LogP contribution is 2.23. The molecule has 0 radical (unpaired) electrons. The van der Waals surface area contributed by atoms with Crippen molar-refractivity contribution in [3.8, 4) is 0 Å². The minimum atomic E-state index is 0.623. The van der Waals surface area contributed by atoms with Crippen molar-refractivity contribution in [3.63, 3.8) is 0 Å². The Labute approximate surface area is 88.1 Å². The monoisotopic (exact) mass is 198 g/mol. The van der Waals surface area contributed by atoms with Gasteiger partial charge in [0.2, 0.25) is 0 Å². The maximum atomic E-state index is 2.53. The van der Waals surface area contributed by atoms with Gasteiger partial charge in [-0.3, -0.25) is 0 Å². The molecule has 1 heterocycles. The molecule has 14 heavy (non-hydrogen) atoms. The zero-order valence-corrected chi connectivity index (χ0v) is 9.65. The van der Waals surface area contributed by atoms with E-state index in [9.17, 15) is 0 Å². The van der Waals surface area contributed by atoms with E-state index in [0.29, 0.717) is 5.54 Å². The zero-order chi connectivity index (χ0) is 9.86. The van der Waals surface area contributed by atoms with Crippen LogP contribution in [-0.2, 0) is 0 Å². The van der Waals surface area contributed by atoms with E-state index in [1.54, 1.807) is 0 Å². The molecule has 0 spiro atoms. The molecular formula is C12H26N2+2. The molecule has 0 unspecified atom stereocenters. The van der Waals surface area contributed by atoms with E-state index < -0.39 is 0 Å². The Morgan fingerprint density at radius 1 is 1.00 bits per heavy atom. The topological polar surface area (TPSA) is 21.1 Å². The molecule has 2 nitrogen and oxygen atoms in total. The molecule has 1 aliphatic heterocycles. The molecule has 0 aromatic carbocycles. The van der Waals surface area contributed by atoms with Crippen LogP contribution in [0.25, 0.3) is 0 Å². The molecule has 82 valence electrons. The summed E-state index contributed by atoms with van der Waals surface area (Å²) in [6.07, 6.45) is 10.3. The van der Waals surface area contributed by atoms with E-state index in [2.05, 4.69) is 12.4 Å². The molecule has 2 heteroatoms. The average Bonchev–Trinajstić information content (AvgIpc) is 2.72. The number of nitrogens with two attached hydrogens (primary N) is 1. The Balaban J connectivity index is 1.89. The molecule has 2 fully saturated rings. The maximum Gasteiger partial charge on any atom is 0.145 e. The van der Waals surface area contributed by atoms with Gasteiger partial charge in [-0.25, -0.2) is 0 Å². The molecular weight excluding hydrogens is 172 g/mol. The van der Waals surface area contributed by atoms with Gasteiger partial charge in [0.15, 0.2) is 0 Å². The van der Waals surface area contributed by atoms with Crippen LogP contribution in [0, 0.1) is 0 Å². The van der Waals surface area contributed by atoms with E-state index in [1.807, 2.05) is 4.90 Å². The third-order valence-corrected chi connectivity index (χ3v) is 4.37. The highest BCUT2D eigenvalue weighted by molar-refractivity contribution is 4.80. The molecule has 1 aliphatic carbocycles. The van der Waals surface area contributed by atoms with Gasteiger partial charge in [-0.1, -0.05) is 6.42 Å². The van der Waals surface area contributed by atoms with Gasteiger partial charge in [0, 0.05) is 25.7 Å². The lowest BCUT2D eigenvalue weighted by atomic mass is 9.81. The lowest BCUT2D eigenvalue weighted by Gasteiger charge is -2.34. The quantitative estimate of drug-likeness (QED) is 0.614. The molecule has 0 aromatic rings. The van der Waals surface area contributed by atoms with Crippen molar-refractivity contribution >= 4 is 0 Å². The fraction of sp³-hybridized carbons (Fsp3) is 1.00. The molecule has 0 atom stereocenters. The van der Waals surface area contributed by atoms with Crippen molar-refractivity contribution in [2.45, 2.75) is 50.5 Å². The van der Waals surface area contributed by atoms with Gasteiger partial charge in [0.25, 0.3) is 0 Å². The van der Waals surface area contributed by atoms with Gasteiger partial charge in [0.05, 0.1) is 20.1 Å². The Morgan fingerprint density at radius 3 is 2.21 bits per heavy atom. The summed E-state index contributed by atoms with van der Waals surface area (Å²) in [6.45, 7) is 4.31. The first-order valence-electron chi connectivity index (χ1n) is 6.49. The highest BCUT2D eigenvalue weighted by atomic mass is 15.2. The van der Waals surface area contributed by atoms with Crippen LogP contribution in [0.3, 0.4) is 0 Å². The largest absolute Gasteiger partial charge is 0.339 e. The molecule has 0 bridgehead atoms. The number of likely N-dealkylation sites (tertiary alicyclic amines) is 1. The lowest BCUT2D eigenvalue weighted by molar-refractivity contribution is -0.916. The van der Waals surface area contributed by atoms with Crippen LogP contribution >= 0.6 is 0 Å². The number of nitrogens with one attached hydrogen (secondary N) is 1. The summed E-state index contributed by atoms with van der Waals surface area (Å²) in [4.78, 5) is 1.88. The fourth-order valence-electron chi connectivity index (χ4n) is 3.37. The van der Waals surface area contributed by atoms with Crippen LogP contribution in [0.1, 0.15) is 44.9 Å². The van der Waals surface area contributed by atoms with Gasteiger partial charge in [0.1, 0.15) is 12.1 Å². The number of likely N-dealkylation sites (N-methyl/N-ethyl adjacent to an activating group) is 1. The van der Waals surface area contributed by atoms with Crippen molar-refractivity contribution in [3.05, 3.63) is 0 Å². The van der Waals surface area contributed by atoms with Crippen molar-refractivity contribution in [2.24, 2.45) is 0 Å². The number of quaternary nitrogens is 2. The summed E-state index contributed by atoms with van der Waals surface area (Å²) in [5.41, 5.74) is 0.623. The van der Waals surface area contributed by atoms with Crippen molar-refractivity contribution < 1.29 is 10.2 Å². The second-order valence-electron chi connectivity index (χ2n) is 5.35. The Bertz CT molecular complexity index is 167. The molecule has 1 saturated heterocycles. The van der Waals surface area contributed by atoms with E-state index in [0.717, 1.165) is 0 Å².